The molecule has 2 saturated carbocycles. The average molecular weight is 112 g/mol. The van der Waals surface area contributed by atoms with Crippen LogP contribution in [-0.4, -0.2) is 10.5 Å². The van der Waals surface area contributed by atoms with Gasteiger partial charge >= 0.3 is 0 Å². The van der Waals surface area contributed by atoms with Gasteiger partial charge in [-0.3, -0.25) is 0 Å². The van der Waals surface area contributed by atoms with Crippen LogP contribution in [0.5, 0.6) is 0 Å². The zero-order valence-electron chi connectivity index (χ0n) is 4.24. The number of hydrogen-bond donors (Lipinski definition) is 0. The standard InChI is InChI=1S/C6H8S/c1-2-7-6-3-5(1,6)4-6/h1-4H2. The fourth-order valence-corrected chi connectivity index (χ4v) is 4.10. The monoisotopic (exact) mass is 112 g/mol. The first-order valence-electron chi connectivity index (χ1n) is 3.01. The molecule has 0 N–H and O–H groups in total. The lowest BCUT2D eigenvalue weighted by Crippen LogP contribution is -1.92. The molecule has 0 aromatic heterocycles. The van der Waals surface area contributed by atoms with Crippen LogP contribution in [0.2, 0.25) is 0 Å². The molecule has 1 aliphatic heterocycles. The lowest BCUT2D eigenvalue weighted by atomic mass is 10.2. The highest BCUT2D eigenvalue weighted by atomic mass is 32.2. The third kappa shape index (κ3) is 0.187. The van der Waals surface area contributed by atoms with Gasteiger partial charge in [0.1, 0.15) is 0 Å². The van der Waals surface area contributed by atoms with Crippen molar-refractivity contribution in [2.24, 2.45) is 5.41 Å². The smallest absolute Gasteiger partial charge is 0.0229 e. The molecule has 3 rings (SSSR count). The van der Waals surface area contributed by atoms with E-state index in [0.29, 0.717) is 0 Å². The predicted octanol–water partition coefficient (Wildman–Crippen LogP) is 1.66. The van der Waals surface area contributed by atoms with E-state index in [2.05, 4.69) is 11.8 Å². The molecule has 38 valence electrons. The van der Waals surface area contributed by atoms with Crippen molar-refractivity contribution in [3.05, 3.63) is 0 Å². The number of hydrogen-bond acceptors (Lipinski definition) is 1. The molecule has 0 aromatic carbocycles. The Bertz CT molecular complexity index is 119. The van der Waals surface area contributed by atoms with Crippen molar-refractivity contribution in [2.45, 2.75) is 24.0 Å². The minimum Gasteiger partial charge on any atom is -0.155 e. The molecule has 7 heavy (non-hydrogen) atoms. The molecule has 0 bridgehead atoms. The highest BCUT2D eigenvalue weighted by Gasteiger charge is 2.85. The molecular formula is C6H8S. The van der Waals surface area contributed by atoms with Crippen LogP contribution in [0.25, 0.3) is 0 Å². The van der Waals surface area contributed by atoms with Crippen molar-refractivity contribution in [3.8, 4) is 0 Å². The Labute approximate surface area is 47.7 Å². The first-order valence-corrected chi connectivity index (χ1v) is 4.00. The summed E-state index contributed by atoms with van der Waals surface area (Å²) >= 11 is 2.24. The van der Waals surface area contributed by atoms with Crippen LogP contribution in [0.3, 0.4) is 0 Å². The highest BCUT2D eigenvalue weighted by molar-refractivity contribution is 8.01. The summed E-state index contributed by atoms with van der Waals surface area (Å²) < 4.78 is 0.924. The lowest BCUT2D eigenvalue weighted by molar-refractivity contribution is 0.626. The molecule has 3 aliphatic rings. The molecule has 2 aliphatic carbocycles. The molecule has 1 saturated heterocycles. The van der Waals surface area contributed by atoms with E-state index < -0.39 is 0 Å². The van der Waals surface area contributed by atoms with E-state index in [1.165, 1.54) is 5.75 Å². The average Bonchev–Trinajstić information content (AvgIpc) is 2.26. The molecule has 0 spiro atoms. The van der Waals surface area contributed by atoms with Crippen LogP contribution < -0.4 is 0 Å². The second kappa shape index (κ2) is 0.604. The summed E-state index contributed by atoms with van der Waals surface area (Å²) in [5.74, 6) is 1.47. The van der Waals surface area contributed by atoms with Gasteiger partial charge < -0.3 is 0 Å². The Morgan fingerprint density at radius 2 is 2.14 bits per heavy atom. The topological polar surface area (TPSA) is 0 Å². The maximum Gasteiger partial charge on any atom is 0.0229 e. The molecule has 0 atom stereocenters. The van der Waals surface area contributed by atoms with E-state index in [0.717, 1.165) is 10.2 Å². The van der Waals surface area contributed by atoms with Crippen molar-refractivity contribution >= 4 is 11.8 Å². The molecule has 1 heterocycles. The van der Waals surface area contributed by atoms with Gasteiger partial charge in [0.25, 0.3) is 0 Å². The maximum absolute atomic E-state index is 2.24. The molecule has 0 amide bonds. The predicted molar refractivity (Wildman–Crippen MR) is 31.5 cm³/mol. The third-order valence-corrected chi connectivity index (χ3v) is 4.61. The van der Waals surface area contributed by atoms with Crippen LogP contribution in [0.15, 0.2) is 0 Å². The van der Waals surface area contributed by atoms with Gasteiger partial charge in [0.05, 0.1) is 0 Å². The van der Waals surface area contributed by atoms with Gasteiger partial charge in [0, 0.05) is 4.75 Å². The Kier molecular flexibility index (Phi) is 0.292. The van der Waals surface area contributed by atoms with Gasteiger partial charge in [-0.2, -0.15) is 11.8 Å². The zero-order valence-corrected chi connectivity index (χ0v) is 5.05. The second-order valence-electron chi connectivity index (χ2n) is 3.23. The fraction of sp³-hybridized carbons (Fsp3) is 1.00. The van der Waals surface area contributed by atoms with Gasteiger partial charge in [-0.15, -0.1) is 0 Å². The minimum atomic E-state index is 0.924. The summed E-state index contributed by atoms with van der Waals surface area (Å²) in [6.45, 7) is 0. The van der Waals surface area contributed by atoms with Crippen LogP contribution in [0.1, 0.15) is 19.3 Å². The SMILES string of the molecule is C1CC23CC2(C3)S1. The van der Waals surface area contributed by atoms with Gasteiger partial charge in [0.15, 0.2) is 0 Å². The molecular weight excluding hydrogens is 104 g/mol. The molecule has 0 unspecified atom stereocenters. The first kappa shape index (κ1) is 3.39. The van der Waals surface area contributed by atoms with Crippen molar-refractivity contribution < 1.29 is 0 Å². The first-order chi connectivity index (χ1) is 3.37. The summed E-state index contributed by atoms with van der Waals surface area (Å²) in [5.41, 5.74) is 0.970. The third-order valence-electron chi connectivity index (χ3n) is 2.92. The fourth-order valence-electron chi connectivity index (χ4n) is 2.05. The van der Waals surface area contributed by atoms with E-state index >= 15 is 0 Å². The molecule has 0 radical (unpaired) electrons. The van der Waals surface area contributed by atoms with Gasteiger partial charge in [0.2, 0.25) is 0 Å². The molecule has 0 nitrogen and oxygen atoms in total. The largest absolute Gasteiger partial charge is 0.155 e. The lowest BCUT2D eigenvalue weighted by Gasteiger charge is -2.04. The van der Waals surface area contributed by atoms with Crippen molar-refractivity contribution in [2.75, 3.05) is 5.75 Å². The summed E-state index contributed by atoms with van der Waals surface area (Å²) in [5, 5.41) is 0. The molecule has 3 fully saturated rings. The number of thioether (sulfide) groups is 1. The summed E-state index contributed by atoms with van der Waals surface area (Å²) in [4.78, 5) is 0. The molecule has 1 heteroatoms. The van der Waals surface area contributed by atoms with Crippen LogP contribution in [-0.2, 0) is 0 Å². The summed E-state index contributed by atoms with van der Waals surface area (Å²) in [6, 6.07) is 0. The Morgan fingerprint density at radius 1 is 1.29 bits per heavy atom. The minimum absolute atomic E-state index is 0.924. The van der Waals surface area contributed by atoms with Gasteiger partial charge in [-0.1, -0.05) is 0 Å². The Balaban J connectivity index is 2.15. The molecule has 0 aromatic rings. The summed E-state index contributed by atoms with van der Waals surface area (Å²) in [6.07, 6.45) is 4.73. The van der Waals surface area contributed by atoms with E-state index in [-0.39, 0.29) is 0 Å². The van der Waals surface area contributed by atoms with E-state index in [1.807, 2.05) is 0 Å². The highest BCUT2D eigenvalue weighted by Crippen LogP contribution is 2.90. The normalized spacial score (nSPS) is 72.0. The van der Waals surface area contributed by atoms with Crippen molar-refractivity contribution in [3.63, 3.8) is 0 Å². The summed E-state index contributed by atoms with van der Waals surface area (Å²) in [7, 11) is 0. The van der Waals surface area contributed by atoms with Crippen molar-refractivity contribution in [1.82, 2.24) is 0 Å². The van der Waals surface area contributed by atoms with E-state index in [9.17, 15) is 0 Å². The van der Waals surface area contributed by atoms with Crippen LogP contribution in [0, 0.1) is 5.41 Å². The zero-order chi connectivity index (χ0) is 4.54. The maximum atomic E-state index is 2.24. The Hall–Kier alpha value is 0.350. The van der Waals surface area contributed by atoms with Gasteiger partial charge in [-0.05, 0) is 30.4 Å². The van der Waals surface area contributed by atoms with E-state index in [1.54, 1.807) is 19.3 Å². The van der Waals surface area contributed by atoms with Crippen LogP contribution >= 0.6 is 11.8 Å². The van der Waals surface area contributed by atoms with E-state index in [4.69, 9.17) is 0 Å². The van der Waals surface area contributed by atoms with Crippen molar-refractivity contribution in [1.29, 1.82) is 0 Å². The number of rotatable bonds is 0. The van der Waals surface area contributed by atoms with Crippen LogP contribution in [0.4, 0.5) is 0 Å². The quantitative estimate of drug-likeness (QED) is 0.459. The Morgan fingerprint density at radius 3 is 2.29 bits per heavy atom. The second-order valence-corrected chi connectivity index (χ2v) is 4.71. The van der Waals surface area contributed by atoms with Gasteiger partial charge in [-0.25, -0.2) is 0 Å².